The Bertz CT molecular complexity index is 433. The molecule has 0 amide bonds. The molecule has 0 bridgehead atoms. The van der Waals surface area contributed by atoms with Gasteiger partial charge in [0.15, 0.2) is 6.29 Å². The average molecular weight is 328 g/mol. The van der Waals surface area contributed by atoms with Crippen LogP contribution in [0.15, 0.2) is 23.8 Å². The smallest absolute Gasteiger partial charge is 0.186 e. The van der Waals surface area contributed by atoms with Gasteiger partial charge in [-0.05, 0) is 38.5 Å². The first-order valence-electron chi connectivity index (χ1n) is 8.19. The predicted octanol–water partition coefficient (Wildman–Crippen LogP) is 0.496. The van der Waals surface area contributed by atoms with Gasteiger partial charge in [0, 0.05) is 0 Å². The number of hydrogen-bond acceptors (Lipinski definition) is 6. The SMILES string of the molecule is C=C(C)C1CC=C(CCO[C@@H]2O[C@H](CO)[C@@H](O)[C@H](O)[C@H]2O)CC1. The highest BCUT2D eigenvalue weighted by atomic mass is 16.7. The normalized spacial score (nSPS) is 38.2. The summed E-state index contributed by atoms with van der Waals surface area (Å²) < 4.78 is 10.8. The largest absolute Gasteiger partial charge is 0.394 e. The molecule has 1 fully saturated rings. The van der Waals surface area contributed by atoms with Crippen LogP contribution in [0, 0.1) is 5.92 Å². The van der Waals surface area contributed by atoms with Crippen LogP contribution in [-0.4, -0.2) is 64.3 Å². The van der Waals surface area contributed by atoms with Crippen molar-refractivity contribution in [1.82, 2.24) is 0 Å². The number of aliphatic hydroxyl groups excluding tert-OH is 4. The number of aliphatic hydroxyl groups is 4. The highest BCUT2D eigenvalue weighted by molar-refractivity contribution is 5.12. The highest BCUT2D eigenvalue weighted by Gasteiger charge is 2.43. The van der Waals surface area contributed by atoms with E-state index in [-0.39, 0.29) is 0 Å². The monoisotopic (exact) mass is 328 g/mol. The molecule has 4 N–H and O–H groups in total. The first-order chi connectivity index (χ1) is 10.9. The quantitative estimate of drug-likeness (QED) is 0.530. The first-order valence-corrected chi connectivity index (χ1v) is 8.19. The van der Waals surface area contributed by atoms with E-state index in [1.807, 2.05) is 0 Å². The maximum Gasteiger partial charge on any atom is 0.186 e. The van der Waals surface area contributed by atoms with E-state index in [9.17, 15) is 15.3 Å². The Kier molecular flexibility index (Phi) is 6.76. The van der Waals surface area contributed by atoms with Gasteiger partial charge >= 0.3 is 0 Å². The van der Waals surface area contributed by atoms with E-state index < -0.39 is 37.3 Å². The molecule has 2 rings (SSSR count). The standard InChI is InChI=1S/C17H28O6/c1-10(2)12-5-3-11(4-6-12)7-8-22-17-16(21)15(20)14(19)13(9-18)23-17/h3,12-21H,1,4-9H2,2H3/t12?,13-,14-,15+,16-,17-/m1/s1. The third kappa shape index (κ3) is 4.62. The molecule has 0 aromatic carbocycles. The molecule has 6 atom stereocenters. The molecule has 0 aromatic heterocycles. The molecule has 6 heteroatoms. The molecule has 2 aliphatic rings. The van der Waals surface area contributed by atoms with Crippen molar-refractivity contribution in [3.63, 3.8) is 0 Å². The van der Waals surface area contributed by atoms with Crippen LogP contribution in [0.25, 0.3) is 0 Å². The molecule has 132 valence electrons. The molecule has 0 aromatic rings. The minimum absolute atomic E-state index is 0.353. The van der Waals surface area contributed by atoms with Crippen LogP contribution < -0.4 is 0 Å². The van der Waals surface area contributed by atoms with Gasteiger partial charge in [0.1, 0.15) is 24.4 Å². The van der Waals surface area contributed by atoms with Crippen LogP contribution in [0.4, 0.5) is 0 Å². The summed E-state index contributed by atoms with van der Waals surface area (Å²) in [6, 6.07) is 0. The van der Waals surface area contributed by atoms with E-state index in [1.165, 1.54) is 11.1 Å². The van der Waals surface area contributed by atoms with Gasteiger partial charge in [-0.2, -0.15) is 0 Å². The van der Waals surface area contributed by atoms with Crippen molar-refractivity contribution in [2.24, 2.45) is 5.92 Å². The van der Waals surface area contributed by atoms with E-state index >= 15 is 0 Å². The lowest BCUT2D eigenvalue weighted by atomic mass is 9.85. The fourth-order valence-corrected chi connectivity index (χ4v) is 3.07. The molecule has 0 spiro atoms. The summed E-state index contributed by atoms with van der Waals surface area (Å²) in [5.74, 6) is 0.560. The lowest BCUT2D eigenvalue weighted by Gasteiger charge is -2.39. The third-order valence-corrected chi connectivity index (χ3v) is 4.76. The molecule has 1 aliphatic carbocycles. The topological polar surface area (TPSA) is 99.4 Å². The molecule has 6 nitrogen and oxygen atoms in total. The zero-order chi connectivity index (χ0) is 17.0. The van der Waals surface area contributed by atoms with E-state index in [2.05, 4.69) is 19.6 Å². The average Bonchev–Trinajstić information content (AvgIpc) is 2.55. The lowest BCUT2D eigenvalue weighted by molar-refractivity contribution is -0.300. The van der Waals surface area contributed by atoms with Crippen LogP contribution in [0.5, 0.6) is 0 Å². The Labute approximate surface area is 137 Å². The molecule has 0 radical (unpaired) electrons. The Balaban J connectivity index is 1.78. The lowest BCUT2D eigenvalue weighted by Crippen LogP contribution is -2.59. The molecular weight excluding hydrogens is 300 g/mol. The molecule has 1 saturated heterocycles. The van der Waals surface area contributed by atoms with Crippen LogP contribution in [0.1, 0.15) is 32.6 Å². The maximum absolute atomic E-state index is 9.89. The van der Waals surface area contributed by atoms with Crippen LogP contribution >= 0.6 is 0 Å². The van der Waals surface area contributed by atoms with Gasteiger partial charge in [0.2, 0.25) is 0 Å². The van der Waals surface area contributed by atoms with Crippen molar-refractivity contribution < 1.29 is 29.9 Å². The van der Waals surface area contributed by atoms with Gasteiger partial charge in [-0.1, -0.05) is 23.8 Å². The van der Waals surface area contributed by atoms with E-state index in [1.54, 1.807) is 0 Å². The minimum Gasteiger partial charge on any atom is -0.394 e. The summed E-state index contributed by atoms with van der Waals surface area (Å²) in [5, 5.41) is 38.4. The second-order valence-electron chi connectivity index (χ2n) is 6.50. The van der Waals surface area contributed by atoms with Crippen molar-refractivity contribution >= 4 is 0 Å². The second-order valence-corrected chi connectivity index (χ2v) is 6.50. The van der Waals surface area contributed by atoms with Gasteiger partial charge in [-0.25, -0.2) is 0 Å². The van der Waals surface area contributed by atoms with E-state index in [0.717, 1.165) is 25.7 Å². The summed E-state index contributed by atoms with van der Waals surface area (Å²) in [4.78, 5) is 0. The van der Waals surface area contributed by atoms with Gasteiger partial charge < -0.3 is 29.9 Å². The Morgan fingerprint density at radius 1 is 1.30 bits per heavy atom. The molecule has 1 heterocycles. The van der Waals surface area contributed by atoms with Crippen LogP contribution in [0.3, 0.4) is 0 Å². The van der Waals surface area contributed by atoms with Gasteiger partial charge in [0.05, 0.1) is 13.2 Å². The van der Waals surface area contributed by atoms with Gasteiger partial charge in [0.25, 0.3) is 0 Å². The van der Waals surface area contributed by atoms with Crippen molar-refractivity contribution in [1.29, 1.82) is 0 Å². The summed E-state index contributed by atoms with van der Waals surface area (Å²) >= 11 is 0. The Hall–Kier alpha value is -0.760. The Morgan fingerprint density at radius 3 is 2.61 bits per heavy atom. The summed E-state index contributed by atoms with van der Waals surface area (Å²) in [7, 11) is 0. The highest BCUT2D eigenvalue weighted by Crippen LogP contribution is 2.30. The van der Waals surface area contributed by atoms with Crippen molar-refractivity contribution in [3.05, 3.63) is 23.8 Å². The molecule has 0 saturated carbocycles. The zero-order valence-electron chi connectivity index (χ0n) is 13.6. The second kappa shape index (κ2) is 8.37. The number of ether oxygens (including phenoxy) is 2. The molecule has 1 unspecified atom stereocenters. The van der Waals surface area contributed by atoms with Gasteiger partial charge in [-0.15, -0.1) is 0 Å². The molecular formula is C17H28O6. The zero-order valence-corrected chi connectivity index (χ0v) is 13.6. The van der Waals surface area contributed by atoms with Crippen molar-refractivity contribution in [2.75, 3.05) is 13.2 Å². The van der Waals surface area contributed by atoms with Crippen molar-refractivity contribution in [2.45, 2.75) is 63.3 Å². The third-order valence-electron chi connectivity index (χ3n) is 4.76. The first kappa shape index (κ1) is 18.6. The van der Waals surface area contributed by atoms with Crippen molar-refractivity contribution in [3.8, 4) is 0 Å². The summed E-state index contributed by atoms with van der Waals surface area (Å²) in [5.41, 5.74) is 2.53. The number of hydrogen-bond donors (Lipinski definition) is 4. The molecule has 1 aliphatic heterocycles. The number of allylic oxidation sites excluding steroid dienone is 2. The van der Waals surface area contributed by atoms with E-state index in [4.69, 9.17) is 14.6 Å². The fraction of sp³-hybridized carbons (Fsp3) is 0.765. The predicted molar refractivity (Wildman–Crippen MR) is 84.6 cm³/mol. The van der Waals surface area contributed by atoms with Crippen LogP contribution in [0.2, 0.25) is 0 Å². The van der Waals surface area contributed by atoms with E-state index in [0.29, 0.717) is 12.5 Å². The summed E-state index contributed by atoms with van der Waals surface area (Å²) in [6.07, 6.45) is 0.0207. The minimum atomic E-state index is -1.39. The number of rotatable bonds is 6. The summed E-state index contributed by atoms with van der Waals surface area (Å²) in [6.45, 7) is 5.97. The Morgan fingerprint density at radius 2 is 2.04 bits per heavy atom. The van der Waals surface area contributed by atoms with Crippen LogP contribution in [-0.2, 0) is 9.47 Å². The fourth-order valence-electron chi connectivity index (χ4n) is 3.07. The molecule has 23 heavy (non-hydrogen) atoms. The maximum atomic E-state index is 9.89. The van der Waals surface area contributed by atoms with Gasteiger partial charge in [-0.3, -0.25) is 0 Å².